The molecule has 9 heteroatoms. The van der Waals surface area contributed by atoms with Crippen LogP contribution in [0.15, 0.2) is 72.9 Å². The summed E-state index contributed by atoms with van der Waals surface area (Å²) in [6, 6.07) is 19.7. The van der Waals surface area contributed by atoms with Crippen LogP contribution in [0.4, 0.5) is 0 Å². The Kier molecular flexibility index (Phi) is 8.09. The summed E-state index contributed by atoms with van der Waals surface area (Å²) in [5.41, 5.74) is 9.60. The van der Waals surface area contributed by atoms with Crippen LogP contribution in [0.2, 0.25) is 5.02 Å². The van der Waals surface area contributed by atoms with E-state index in [1.807, 2.05) is 66.7 Å². The highest BCUT2D eigenvalue weighted by molar-refractivity contribution is 6.31. The quantitative estimate of drug-likeness (QED) is 0.310. The van der Waals surface area contributed by atoms with E-state index in [9.17, 15) is 19.8 Å². The number of aromatic nitrogens is 1. The highest BCUT2D eigenvalue weighted by atomic mass is 35.5. The van der Waals surface area contributed by atoms with Crippen LogP contribution in [0, 0.1) is 0 Å². The molecular formula is C26H27ClN4O4. The van der Waals surface area contributed by atoms with Gasteiger partial charge in [0.1, 0.15) is 6.04 Å². The third kappa shape index (κ3) is 6.43. The highest BCUT2D eigenvalue weighted by Gasteiger charge is 2.32. The Labute approximate surface area is 208 Å². The molecule has 2 aromatic carbocycles. The molecular weight excluding hydrogens is 468 g/mol. The predicted molar refractivity (Wildman–Crippen MR) is 132 cm³/mol. The molecule has 8 nitrogen and oxygen atoms in total. The minimum Gasteiger partial charge on any atom is -0.479 e. The van der Waals surface area contributed by atoms with Crippen LogP contribution in [0.1, 0.15) is 30.1 Å². The first-order valence-corrected chi connectivity index (χ1v) is 11.8. The lowest BCUT2D eigenvalue weighted by Gasteiger charge is -2.23. The molecule has 1 fully saturated rings. The first-order chi connectivity index (χ1) is 16.9. The maximum absolute atomic E-state index is 13.0. The van der Waals surface area contributed by atoms with Gasteiger partial charge >= 0.3 is 5.97 Å². The van der Waals surface area contributed by atoms with Gasteiger partial charge in [-0.2, -0.15) is 0 Å². The summed E-state index contributed by atoms with van der Waals surface area (Å²) in [4.78, 5) is 28.6. The van der Waals surface area contributed by atoms with Crippen molar-refractivity contribution in [3.05, 3.63) is 89.2 Å². The summed E-state index contributed by atoms with van der Waals surface area (Å²) in [6.07, 6.45) is 0.679. The SMILES string of the molecule is O=C(N[C@H](Cc1ccc(-c2ccccc2)cc1Cl)C[C@@H](O)C(=O)O)C1CC(c2ccccn2)NN1. The minimum absolute atomic E-state index is 0.130. The Hall–Kier alpha value is -3.30. The number of hydrazine groups is 1. The molecule has 2 unspecified atom stereocenters. The van der Waals surface area contributed by atoms with E-state index >= 15 is 0 Å². The third-order valence-electron chi connectivity index (χ3n) is 6.03. The van der Waals surface area contributed by atoms with Crippen LogP contribution in [0.5, 0.6) is 0 Å². The monoisotopic (exact) mass is 494 g/mol. The van der Waals surface area contributed by atoms with E-state index in [4.69, 9.17) is 11.6 Å². The second-order valence-electron chi connectivity index (χ2n) is 8.56. The Balaban J connectivity index is 1.45. The van der Waals surface area contributed by atoms with Crippen molar-refractivity contribution in [2.24, 2.45) is 0 Å². The van der Waals surface area contributed by atoms with Gasteiger partial charge < -0.3 is 15.5 Å². The average molecular weight is 495 g/mol. The number of carboxylic acid groups (broad SMARTS) is 1. The first-order valence-electron chi connectivity index (χ1n) is 11.4. The molecule has 1 amide bonds. The number of carbonyl (C=O) groups is 2. The molecule has 0 saturated carbocycles. The number of pyridine rings is 1. The number of amides is 1. The van der Waals surface area contributed by atoms with Gasteiger partial charge in [-0.25, -0.2) is 15.6 Å². The number of halogens is 1. The van der Waals surface area contributed by atoms with Crippen LogP contribution in [-0.2, 0) is 16.0 Å². The number of benzene rings is 2. The Morgan fingerprint density at radius 2 is 1.83 bits per heavy atom. The molecule has 0 bridgehead atoms. The number of rotatable bonds is 9. The van der Waals surface area contributed by atoms with Crippen molar-refractivity contribution in [3.8, 4) is 11.1 Å². The number of carboxylic acids is 1. The molecule has 2 heterocycles. The summed E-state index contributed by atoms with van der Waals surface area (Å²) in [5, 5.41) is 22.6. The molecule has 0 spiro atoms. The van der Waals surface area contributed by atoms with Crippen molar-refractivity contribution in [1.29, 1.82) is 0 Å². The second kappa shape index (κ2) is 11.4. The maximum atomic E-state index is 13.0. The zero-order chi connectivity index (χ0) is 24.8. The van der Waals surface area contributed by atoms with E-state index in [1.165, 1.54) is 0 Å². The van der Waals surface area contributed by atoms with Gasteiger partial charge in [0.05, 0.1) is 11.7 Å². The molecule has 182 valence electrons. The normalized spacial score (nSPS) is 19.1. The lowest BCUT2D eigenvalue weighted by molar-refractivity contribution is -0.147. The van der Waals surface area contributed by atoms with E-state index < -0.39 is 24.2 Å². The van der Waals surface area contributed by atoms with Crippen LogP contribution in [0.3, 0.4) is 0 Å². The highest BCUT2D eigenvalue weighted by Crippen LogP contribution is 2.27. The van der Waals surface area contributed by atoms with Gasteiger partial charge in [0.2, 0.25) is 5.91 Å². The molecule has 3 aromatic rings. The fourth-order valence-electron chi connectivity index (χ4n) is 4.16. The maximum Gasteiger partial charge on any atom is 0.332 e. The molecule has 0 radical (unpaired) electrons. The van der Waals surface area contributed by atoms with Crippen LogP contribution < -0.4 is 16.2 Å². The Morgan fingerprint density at radius 1 is 1.06 bits per heavy atom. The molecule has 35 heavy (non-hydrogen) atoms. The van der Waals surface area contributed by atoms with Gasteiger partial charge in [-0.05, 0) is 47.7 Å². The fourth-order valence-corrected chi connectivity index (χ4v) is 4.42. The van der Waals surface area contributed by atoms with E-state index in [0.717, 1.165) is 22.4 Å². The molecule has 1 saturated heterocycles. The summed E-state index contributed by atoms with van der Waals surface area (Å²) in [5.74, 6) is -1.64. The lowest BCUT2D eigenvalue weighted by Crippen LogP contribution is -2.48. The molecule has 5 N–H and O–H groups in total. The Morgan fingerprint density at radius 3 is 2.51 bits per heavy atom. The van der Waals surface area contributed by atoms with Crippen molar-refractivity contribution in [3.63, 3.8) is 0 Å². The average Bonchev–Trinajstić information content (AvgIpc) is 3.37. The topological polar surface area (TPSA) is 124 Å². The van der Waals surface area contributed by atoms with Crippen molar-refractivity contribution in [2.75, 3.05) is 0 Å². The summed E-state index contributed by atoms with van der Waals surface area (Å²) >= 11 is 6.55. The number of nitrogens with zero attached hydrogens (tertiary/aromatic N) is 1. The molecule has 1 aliphatic rings. The van der Waals surface area contributed by atoms with Gasteiger partial charge in [-0.15, -0.1) is 0 Å². The van der Waals surface area contributed by atoms with Crippen LogP contribution >= 0.6 is 11.6 Å². The number of hydrogen-bond acceptors (Lipinski definition) is 6. The van der Waals surface area contributed by atoms with Gasteiger partial charge in [0, 0.05) is 23.7 Å². The third-order valence-corrected chi connectivity index (χ3v) is 6.38. The summed E-state index contributed by atoms with van der Waals surface area (Å²) in [6.45, 7) is 0. The fraction of sp³-hybridized carbons (Fsp3) is 0.269. The number of aliphatic carboxylic acids is 1. The number of hydrogen-bond donors (Lipinski definition) is 5. The van der Waals surface area contributed by atoms with Crippen molar-refractivity contribution < 1.29 is 19.8 Å². The van der Waals surface area contributed by atoms with Crippen molar-refractivity contribution in [2.45, 2.75) is 43.5 Å². The number of aliphatic hydroxyl groups excluding tert-OH is 1. The predicted octanol–water partition coefficient (Wildman–Crippen LogP) is 2.87. The largest absolute Gasteiger partial charge is 0.479 e. The Bertz CT molecular complexity index is 1160. The summed E-state index contributed by atoms with van der Waals surface area (Å²) < 4.78 is 0. The molecule has 4 rings (SSSR count). The van der Waals surface area contributed by atoms with Crippen LogP contribution in [0.25, 0.3) is 11.1 Å². The van der Waals surface area contributed by atoms with Gasteiger partial charge in [0.25, 0.3) is 0 Å². The van der Waals surface area contributed by atoms with Gasteiger partial charge in [-0.1, -0.05) is 60.1 Å². The number of nitrogens with one attached hydrogen (secondary N) is 3. The second-order valence-corrected chi connectivity index (χ2v) is 8.96. The zero-order valence-electron chi connectivity index (χ0n) is 18.9. The lowest BCUT2D eigenvalue weighted by atomic mass is 9.97. The number of aliphatic hydroxyl groups is 1. The van der Waals surface area contributed by atoms with E-state index in [2.05, 4.69) is 21.2 Å². The summed E-state index contributed by atoms with van der Waals surface area (Å²) in [7, 11) is 0. The van der Waals surface area contributed by atoms with E-state index in [-0.39, 0.29) is 24.8 Å². The molecule has 0 aliphatic carbocycles. The molecule has 1 aliphatic heterocycles. The molecule has 4 atom stereocenters. The molecule has 1 aromatic heterocycles. The van der Waals surface area contributed by atoms with Gasteiger partial charge in [-0.3, -0.25) is 9.78 Å². The van der Waals surface area contributed by atoms with Crippen LogP contribution in [-0.4, -0.2) is 45.3 Å². The van der Waals surface area contributed by atoms with Gasteiger partial charge in [0.15, 0.2) is 6.10 Å². The smallest absolute Gasteiger partial charge is 0.332 e. The standard InChI is InChI=1S/C26H27ClN4O4/c27-20-13-17(16-6-2-1-3-7-16)9-10-18(20)12-19(14-24(32)26(34)35)29-25(33)23-15-22(30-31-23)21-8-4-5-11-28-21/h1-11,13,19,22-24,30-32H,12,14-15H2,(H,29,33)(H,34,35)/t19-,22?,23?,24-/m1/s1. The van der Waals surface area contributed by atoms with Crippen molar-refractivity contribution in [1.82, 2.24) is 21.2 Å². The van der Waals surface area contributed by atoms with Crippen molar-refractivity contribution >= 4 is 23.5 Å². The zero-order valence-corrected chi connectivity index (χ0v) is 19.7. The van der Waals surface area contributed by atoms with E-state index in [0.29, 0.717) is 11.4 Å². The minimum atomic E-state index is -1.61. The number of carbonyl (C=O) groups excluding carboxylic acids is 1. The first kappa shape index (κ1) is 24.8. The van der Waals surface area contributed by atoms with E-state index in [1.54, 1.807) is 6.20 Å².